The molecule has 0 saturated heterocycles. The van der Waals surface area contributed by atoms with Gasteiger partial charge in [-0.25, -0.2) is 0 Å². The van der Waals surface area contributed by atoms with E-state index in [2.05, 4.69) is 0 Å². The number of carbonyl (C=O) groups excluding carboxylic acids is 2. The van der Waals surface area contributed by atoms with E-state index >= 15 is 0 Å². The molecule has 3 aromatic rings. The van der Waals surface area contributed by atoms with Crippen molar-refractivity contribution in [3.63, 3.8) is 0 Å². The Kier molecular flexibility index (Phi) is 5.60. The maximum Gasteiger partial charge on any atom is 0.311 e. The molecule has 0 fully saturated rings. The van der Waals surface area contributed by atoms with Crippen molar-refractivity contribution in [3.05, 3.63) is 71.5 Å². The van der Waals surface area contributed by atoms with Crippen molar-refractivity contribution in [2.24, 2.45) is 0 Å². The first kappa shape index (κ1) is 18.7. The smallest absolute Gasteiger partial charge is 0.311 e. The highest BCUT2D eigenvalue weighted by Gasteiger charge is 2.22. The summed E-state index contributed by atoms with van der Waals surface area (Å²) in [6, 6.07) is 15.5. The lowest BCUT2D eigenvalue weighted by molar-refractivity contribution is -0.158. The van der Waals surface area contributed by atoms with Gasteiger partial charge in [-0.1, -0.05) is 42.5 Å². The summed E-state index contributed by atoms with van der Waals surface area (Å²) >= 11 is 0. The fourth-order valence-corrected chi connectivity index (χ4v) is 3.02. The quantitative estimate of drug-likeness (QED) is 0.622. The number of benzene rings is 2. The molecule has 1 aromatic heterocycles. The molecular formula is C22H23NO4. The minimum absolute atomic E-state index is 0.0656. The number of rotatable bonds is 6. The van der Waals surface area contributed by atoms with Gasteiger partial charge in [0.25, 0.3) is 5.91 Å². The van der Waals surface area contributed by atoms with E-state index in [4.69, 9.17) is 9.15 Å². The Labute approximate surface area is 158 Å². The molecule has 3 rings (SSSR count). The summed E-state index contributed by atoms with van der Waals surface area (Å²) < 4.78 is 10.8. The molecule has 2 aromatic carbocycles. The van der Waals surface area contributed by atoms with E-state index in [0.717, 1.165) is 27.7 Å². The van der Waals surface area contributed by atoms with Gasteiger partial charge in [0, 0.05) is 24.5 Å². The van der Waals surface area contributed by atoms with Crippen molar-refractivity contribution in [2.45, 2.75) is 32.9 Å². The second-order valence-electron chi connectivity index (χ2n) is 6.75. The summed E-state index contributed by atoms with van der Waals surface area (Å²) in [5.41, 5.74) is 3.61. The molecule has 140 valence electrons. The Hall–Kier alpha value is -3.08. The molecular weight excluding hydrogens is 342 g/mol. The van der Waals surface area contributed by atoms with Gasteiger partial charge in [-0.15, -0.1) is 0 Å². The van der Waals surface area contributed by atoms with Crippen LogP contribution in [0.4, 0.5) is 0 Å². The second-order valence-corrected chi connectivity index (χ2v) is 6.75. The molecule has 5 nitrogen and oxygen atoms in total. The average molecular weight is 365 g/mol. The van der Waals surface area contributed by atoms with Gasteiger partial charge < -0.3 is 14.1 Å². The average Bonchev–Trinajstić information content (AvgIpc) is 3.03. The highest BCUT2D eigenvalue weighted by molar-refractivity contribution is 5.88. The van der Waals surface area contributed by atoms with Crippen molar-refractivity contribution in [3.8, 4) is 0 Å². The number of hydrogen-bond acceptors (Lipinski definition) is 4. The molecule has 0 aliphatic heterocycles. The van der Waals surface area contributed by atoms with Gasteiger partial charge in [0.1, 0.15) is 5.58 Å². The monoisotopic (exact) mass is 365 g/mol. The third-order valence-electron chi connectivity index (χ3n) is 4.44. The first-order chi connectivity index (χ1) is 12.9. The SMILES string of the molecule is Cc1ccc2c(CC(=O)OC(C)C(=O)N(C)Cc3ccccc3)coc2c1. The number of nitrogens with zero attached hydrogens (tertiary/aromatic N) is 1. The standard InChI is InChI=1S/C22H23NO4/c1-15-9-10-19-18(14-26-20(19)11-15)12-21(24)27-16(2)22(25)23(3)13-17-7-5-4-6-8-17/h4-11,14,16H,12-13H2,1-3H3. The number of furan rings is 1. The number of amides is 1. The molecule has 0 aliphatic rings. The molecule has 1 heterocycles. The van der Waals surface area contributed by atoms with Gasteiger partial charge in [0.15, 0.2) is 6.10 Å². The molecule has 0 N–H and O–H groups in total. The third kappa shape index (κ3) is 4.56. The van der Waals surface area contributed by atoms with Crippen molar-refractivity contribution in [1.82, 2.24) is 4.90 Å². The van der Waals surface area contributed by atoms with Crippen LogP contribution in [0, 0.1) is 6.92 Å². The summed E-state index contributed by atoms with van der Waals surface area (Å²) in [6.45, 7) is 4.04. The number of esters is 1. The second kappa shape index (κ2) is 8.08. The normalized spacial score (nSPS) is 12.0. The van der Waals surface area contributed by atoms with E-state index in [1.54, 1.807) is 25.1 Å². The zero-order chi connectivity index (χ0) is 19.4. The summed E-state index contributed by atoms with van der Waals surface area (Å²) in [4.78, 5) is 26.3. The third-order valence-corrected chi connectivity index (χ3v) is 4.44. The van der Waals surface area contributed by atoms with E-state index < -0.39 is 12.1 Å². The fraction of sp³-hybridized carbons (Fsp3) is 0.273. The molecule has 0 bridgehead atoms. The summed E-state index contributed by atoms with van der Waals surface area (Å²) in [5.74, 6) is -0.688. The Balaban J connectivity index is 1.58. The zero-order valence-corrected chi connectivity index (χ0v) is 15.8. The van der Waals surface area contributed by atoms with E-state index in [0.29, 0.717) is 6.54 Å². The number of aryl methyl sites for hydroxylation is 1. The molecule has 5 heteroatoms. The Morgan fingerprint density at radius 2 is 1.89 bits per heavy atom. The molecule has 0 saturated carbocycles. The maximum absolute atomic E-state index is 12.5. The number of likely N-dealkylation sites (N-methyl/N-ethyl adjacent to an activating group) is 1. The Morgan fingerprint density at radius 3 is 2.63 bits per heavy atom. The molecule has 0 aliphatic carbocycles. The number of fused-ring (bicyclic) bond motifs is 1. The molecule has 1 unspecified atom stereocenters. The predicted molar refractivity (Wildman–Crippen MR) is 103 cm³/mol. The van der Waals surface area contributed by atoms with Gasteiger partial charge in [0.05, 0.1) is 12.7 Å². The van der Waals surface area contributed by atoms with Crippen LogP contribution in [0.15, 0.2) is 59.2 Å². The minimum Gasteiger partial charge on any atom is -0.464 e. The fourth-order valence-electron chi connectivity index (χ4n) is 3.02. The Bertz CT molecular complexity index is 945. The van der Waals surface area contributed by atoms with Crippen LogP contribution in [0.2, 0.25) is 0 Å². The zero-order valence-electron chi connectivity index (χ0n) is 15.8. The lowest BCUT2D eigenvalue weighted by Crippen LogP contribution is -2.37. The molecule has 27 heavy (non-hydrogen) atoms. The van der Waals surface area contributed by atoms with Gasteiger partial charge >= 0.3 is 5.97 Å². The number of hydrogen-bond donors (Lipinski definition) is 0. The number of ether oxygens (including phenoxy) is 1. The van der Waals surface area contributed by atoms with Gasteiger partial charge in [-0.3, -0.25) is 9.59 Å². The maximum atomic E-state index is 12.5. The summed E-state index contributed by atoms with van der Waals surface area (Å²) in [5, 5.41) is 0.887. The van der Waals surface area contributed by atoms with Crippen LogP contribution >= 0.6 is 0 Å². The predicted octanol–water partition coefficient (Wildman–Crippen LogP) is 3.87. The molecule has 1 atom stereocenters. The van der Waals surface area contributed by atoms with Crippen molar-refractivity contribution >= 4 is 22.8 Å². The van der Waals surface area contributed by atoms with Crippen molar-refractivity contribution in [2.75, 3.05) is 7.05 Å². The van der Waals surface area contributed by atoms with E-state index in [1.807, 2.05) is 55.5 Å². The molecule has 0 radical (unpaired) electrons. The highest BCUT2D eigenvalue weighted by Crippen LogP contribution is 2.23. The van der Waals surface area contributed by atoms with Crippen LogP contribution in [0.3, 0.4) is 0 Å². The van der Waals surface area contributed by atoms with Crippen LogP contribution in [0.1, 0.15) is 23.6 Å². The highest BCUT2D eigenvalue weighted by atomic mass is 16.5. The van der Waals surface area contributed by atoms with Crippen molar-refractivity contribution < 1.29 is 18.7 Å². The lowest BCUT2D eigenvalue weighted by Gasteiger charge is -2.21. The Morgan fingerprint density at radius 1 is 1.15 bits per heavy atom. The van der Waals surface area contributed by atoms with E-state index in [1.165, 1.54) is 0 Å². The van der Waals surface area contributed by atoms with Crippen LogP contribution in [-0.4, -0.2) is 29.9 Å². The van der Waals surface area contributed by atoms with Crippen molar-refractivity contribution in [1.29, 1.82) is 0 Å². The summed E-state index contributed by atoms with van der Waals surface area (Å²) in [6.07, 6.45) is 0.793. The van der Waals surface area contributed by atoms with E-state index in [-0.39, 0.29) is 12.3 Å². The van der Waals surface area contributed by atoms with Gasteiger partial charge in [-0.05, 0) is 31.0 Å². The van der Waals surface area contributed by atoms with Crippen LogP contribution in [0.25, 0.3) is 11.0 Å². The minimum atomic E-state index is -0.841. The van der Waals surface area contributed by atoms with Crippen LogP contribution in [0.5, 0.6) is 0 Å². The first-order valence-corrected chi connectivity index (χ1v) is 8.89. The van der Waals surface area contributed by atoms with Crippen LogP contribution in [-0.2, 0) is 27.3 Å². The lowest BCUT2D eigenvalue weighted by atomic mass is 10.1. The first-order valence-electron chi connectivity index (χ1n) is 8.89. The van der Waals surface area contributed by atoms with Gasteiger partial charge in [-0.2, -0.15) is 0 Å². The molecule has 1 amide bonds. The largest absolute Gasteiger partial charge is 0.464 e. The topological polar surface area (TPSA) is 59.8 Å². The summed E-state index contributed by atoms with van der Waals surface area (Å²) in [7, 11) is 1.70. The van der Waals surface area contributed by atoms with Gasteiger partial charge in [0.2, 0.25) is 0 Å². The molecule has 0 spiro atoms. The van der Waals surface area contributed by atoms with Crippen LogP contribution < -0.4 is 0 Å². The van der Waals surface area contributed by atoms with E-state index in [9.17, 15) is 9.59 Å². The number of carbonyl (C=O) groups is 2.